The van der Waals surface area contributed by atoms with Gasteiger partial charge < -0.3 is 15.7 Å². The second-order valence-corrected chi connectivity index (χ2v) is 5.15. The van der Waals surface area contributed by atoms with Crippen LogP contribution in [0.25, 0.3) is 0 Å². The first-order valence-electron chi connectivity index (χ1n) is 6.12. The zero-order valence-electron chi connectivity index (χ0n) is 11.5. The maximum atomic E-state index is 11.3. The van der Waals surface area contributed by atoms with Gasteiger partial charge in [0.05, 0.1) is 5.60 Å². The van der Waals surface area contributed by atoms with E-state index in [1.54, 1.807) is 26.0 Å². The van der Waals surface area contributed by atoms with Crippen LogP contribution >= 0.6 is 0 Å². The Morgan fingerprint density at radius 2 is 2.06 bits per heavy atom. The van der Waals surface area contributed by atoms with Crippen LogP contribution in [0.3, 0.4) is 0 Å². The molecule has 0 aliphatic rings. The van der Waals surface area contributed by atoms with Gasteiger partial charge in [-0.15, -0.1) is 0 Å². The van der Waals surface area contributed by atoms with Gasteiger partial charge in [0.15, 0.2) is 5.78 Å². The van der Waals surface area contributed by atoms with Crippen LogP contribution in [0.15, 0.2) is 18.2 Å². The van der Waals surface area contributed by atoms with Gasteiger partial charge in [-0.05, 0) is 45.9 Å². The molecule has 0 amide bonds. The van der Waals surface area contributed by atoms with Crippen molar-refractivity contribution in [3.8, 4) is 0 Å². The minimum absolute atomic E-state index is 0.0374. The molecule has 0 unspecified atom stereocenters. The number of anilines is 2. The number of carbonyl (C=O) groups excluding carboxylic acids is 1. The van der Waals surface area contributed by atoms with Crippen molar-refractivity contribution in [1.82, 2.24) is 0 Å². The number of likely N-dealkylation sites (N-methyl/N-ethyl adjacent to an activating group) is 1. The maximum absolute atomic E-state index is 11.3. The summed E-state index contributed by atoms with van der Waals surface area (Å²) in [6.07, 6.45) is 0. The van der Waals surface area contributed by atoms with Crippen LogP contribution in [0.2, 0.25) is 0 Å². The minimum atomic E-state index is -0.774. The fraction of sp³-hybridized carbons (Fsp3) is 0.500. The van der Waals surface area contributed by atoms with Crippen LogP contribution in [0.4, 0.5) is 11.4 Å². The van der Waals surface area contributed by atoms with Gasteiger partial charge in [0.1, 0.15) is 0 Å². The molecule has 0 aliphatic carbocycles. The third-order valence-corrected chi connectivity index (χ3v) is 2.74. The lowest BCUT2D eigenvalue weighted by Gasteiger charge is -2.30. The number of hydrogen-bond acceptors (Lipinski definition) is 4. The van der Waals surface area contributed by atoms with E-state index in [4.69, 9.17) is 5.73 Å². The van der Waals surface area contributed by atoms with Gasteiger partial charge in [0, 0.05) is 30.0 Å². The Bertz CT molecular complexity index is 436. The van der Waals surface area contributed by atoms with Crippen molar-refractivity contribution in [2.24, 2.45) is 0 Å². The van der Waals surface area contributed by atoms with Crippen LogP contribution < -0.4 is 10.6 Å². The molecule has 0 bridgehead atoms. The smallest absolute Gasteiger partial charge is 0.161 e. The summed E-state index contributed by atoms with van der Waals surface area (Å²) in [5.41, 5.74) is 7.03. The van der Waals surface area contributed by atoms with Crippen LogP contribution in [-0.4, -0.2) is 29.6 Å². The average molecular weight is 250 g/mol. The van der Waals surface area contributed by atoms with Gasteiger partial charge in [-0.2, -0.15) is 0 Å². The van der Waals surface area contributed by atoms with E-state index in [2.05, 4.69) is 0 Å². The summed E-state index contributed by atoms with van der Waals surface area (Å²) >= 11 is 0. The predicted octanol–water partition coefficient (Wildman–Crippen LogP) is 2.07. The first kappa shape index (κ1) is 14.5. The Balaban J connectivity index is 3.01. The molecule has 0 fully saturated rings. The molecule has 0 heterocycles. The van der Waals surface area contributed by atoms with Crippen LogP contribution in [0.5, 0.6) is 0 Å². The lowest BCUT2D eigenvalue weighted by molar-refractivity contribution is 0.0875. The summed E-state index contributed by atoms with van der Waals surface area (Å²) in [7, 11) is 0. The van der Waals surface area contributed by atoms with Crippen molar-refractivity contribution in [1.29, 1.82) is 0 Å². The van der Waals surface area contributed by atoms with Crippen LogP contribution in [0, 0.1) is 0 Å². The molecule has 100 valence electrons. The molecular weight excluding hydrogens is 228 g/mol. The molecule has 1 aromatic rings. The van der Waals surface area contributed by atoms with E-state index in [0.717, 1.165) is 12.2 Å². The van der Waals surface area contributed by atoms with Crippen molar-refractivity contribution in [2.75, 3.05) is 23.7 Å². The highest BCUT2D eigenvalue weighted by molar-refractivity contribution is 5.99. The van der Waals surface area contributed by atoms with E-state index in [1.807, 2.05) is 17.9 Å². The number of aliphatic hydroxyl groups is 1. The first-order valence-corrected chi connectivity index (χ1v) is 6.12. The highest BCUT2D eigenvalue weighted by atomic mass is 16.3. The number of ketones is 1. The Morgan fingerprint density at radius 3 is 2.44 bits per heavy atom. The SMILES string of the molecule is CCN(CC(C)(C)O)c1ccc(C(C)=O)c(N)c1. The van der Waals surface area contributed by atoms with Gasteiger partial charge >= 0.3 is 0 Å². The van der Waals surface area contributed by atoms with Gasteiger partial charge in [0.25, 0.3) is 0 Å². The van der Waals surface area contributed by atoms with E-state index < -0.39 is 5.60 Å². The maximum Gasteiger partial charge on any atom is 0.161 e. The standard InChI is InChI=1S/C14H22N2O2/c1-5-16(9-14(3,4)18)11-6-7-12(10(2)17)13(15)8-11/h6-8,18H,5,9,15H2,1-4H3. The normalized spacial score (nSPS) is 11.4. The Labute approximate surface area is 108 Å². The number of nitrogens with zero attached hydrogens (tertiary/aromatic N) is 1. The van der Waals surface area contributed by atoms with E-state index in [-0.39, 0.29) is 5.78 Å². The second kappa shape index (κ2) is 5.40. The van der Waals surface area contributed by atoms with Crippen molar-refractivity contribution in [3.63, 3.8) is 0 Å². The second-order valence-electron chi connectivity index (χ2n) is 5.15. The molecule has 0 saturated heterocycles. The molecule has 1 rings (SSSR count). The topological polar surface area (TPSA) is 66.6 Å². The summed E-state index contributed by atoms with van der Waals surface area (Å²) < 4.78 is 0. The minimum Gasteiger partial charge on any atom is -0.398 e. The van der Waals surface area contributed by atoms with Gasteiger partial charge in [0.2, 0.25) is 0 Å². The van der Waals surface area contributed by atoms with E-state index in [9.17, 15) is 9.90 Å². The van der Waals surface area contributed by atoms with Crippen LogP contribution in [-0.2, 0) is 0 Å². The molecule has 0 atom stereocenters. The van der Waals surface area contributed by atoms with E-state index in [1.165, 1.54) is 6.92 Å². The summed E-state index contributed by atoms with van der Waals surface area (Å²) in [6, 6.07) is 5.38. The molecule has 0 radical (unpaired) electrons. The van der Waals surface area contributed by atoms with Crippen LogP contribution in [0.1, 0.15) is 38.1 Å². The Hall–Kier alpha value is -1.55. The highest BCUT2D eigenvalue weighted by Crippen LogP contribution is 2.23. The van der Waals surface area contributed by atoms with Crippen molar-refractivity contribution < 1.29 is 9.90 Å². The molecule has 18 heavy (non-hydrogen) atoms. The fourth-order valence-electron chi connectivity index (χ4n) is 1.92. The van der Waals surface area contributed by atoms with Gasteiger partial charge in [-0.25, -0.2) is 0 Å². The Morgan fingerprint density at radius 1 is 1.44 bits per heavy atom. The third-order valence-electron chi connectivity index (χ3n) is 2.74. The summed E-state index contributed by atoms with van der Waals surface area (Å²) in [6.45, 7) is 8.33. The molecule has 0 aromatic heterocycles. The molecule has 0 spiro atoms. The molecular formula is C14H22N2O2. The molecule has 3 N–H and O–H groups in total. The lowest BCUT2D eigenvalue weighted by Crippen LogP contribution is -2.38. The zero-order valence-corrected chi connectivity index (χ0v) is 11.5. The fourth-order valence-corrected chi connectivity index (χ4v) is 1.92. The lowest BCUT2D eigenvalue weighted by atomic mass is 10.1. The van der Waals surface area contributed by atoms with Gasteiger partial charge in [-0.3, -0.25) is 4.79 Å². The number of hydrogen-bond donors (Lipinski definition) is 2. The Kier molecular flexibility index (Phi) is 4.35. The largest absolute Gasteiger partial charge is 0.398 e. The van der Waals surface area contributed by atoms with Crippen molar-refractivity contribution in [3.05, 3.63) is 23.8 Å². The zero-order chi connectivity index (χ0) is 13.9. The molecule has 4 heteroatoms. The van der Waals surface area contributed by atoms with Crippen molar-refractivity contribution >= 4 is 17.2 Å². The highest BCUT2D eigenvalue weighted by Gasteiger charge is 2.18. The molecule has 0 aliphatic heterocycles. The number of Topliss-reactive ketones (excluding diaryl/α,β-unsaturated/α-hetero) is 1. The molecule has 0 saturated carbocycles. The predicted molar refractivity (Wildman–Crippen MR) is 75.0 cm³/mol. The van der Waals surface area contributed by atoms with Gasteiger partial charge in [-0.1, -0.05) is 0 Å². The number of nitrogens with two attached hydrogens (primary N) is 1. The van der Waals surface area contributed by atoms with E-state index in [0.29, 0.717) is 17.8 Å². The van der Waals surface area contributed by atoms with E-state index >= 15 is 0 Å². The first-order chi connectivity index (χ1) is 8.24. The van der Waals surface area contributed by atoms with Crippen molar-refractivity contribution in [2.45, 2.75) is 33.3 Å². The third kappa shape index (κ3) is 3.74. The monoisotopic (exact) mass is 250 g/mol. The average Bonchev–Trinajstić information content (AvgIpc) is 2.24. The molecule has 1 aromatic carbocycles. The number of rotatable bonds is 5. The number of carbonyl (C=O) groups is 1. The number of benzene rings is 1. The quantitative estimate of drug-likeness (QED) is 0.620. The summed E-state index contributed by atoms with van der Waals surface area (Å²) in [4.78, 5) is 13.3. The number of nitrogen functional groups attached to an aromatic ring is 1. The summed E-state index contributed by atoms with van der Waals surface area (Å²) in [5.74, 6) is -0.0374. The molecule has 4 nitrogen and oxygen atoms in total. The summed E-state index contributed by atoms with van der Waals surface area (Å²) in [5, 5.41) is 9.87.